The van der Waals surface area contributed by atoms with Crippen LogP contribution in [-0.4, -0.2) is 28.6 Å². The smallest absolute Gasteiger partial charge is 0.267 e. The Morgan fingerprint density at radius 3 is 3.00 bits per heavy atom. The predicted molar refractivity (Wildman–Crippen MR) is 67.3 cm³/mol. The molecule has 0 radical (unpaired) electrons. The number of amides is 1. The minimum absolute atomic E-state index is 0.231. The maximum absolute atomic E-state index is 11.7. The first kappa shape index (κ1) is 12.0. The van der Waals surface area contributed by atoms with E-state index in [9.17, 15) is 4.79 Å². The van der Waals surface area contributed by atoms with Crippen LogP contribution in [0.4, 0.5) is 0 Å². The second-order valence-electron chi connectivity index (χ2n) is 3.97. The summed E-state index contributed by atoms with van der Waals surface area (Å²) in [5.74, 6) is -0.238. The van der Waals surface area contributed by atoms with Crippen molar-refractivity contribution in [3.8, 4) is 0 Å². The Labute approximate surface area is 104 Å². The molecule has 0 saturated heterocycles. The van der Waals surface area contributed by atoms with Crippen LogP contribution in [0.15, 0.2) is 24.3 Å². The van der Waals surface area contributed by atoms with Crippen molar-refractivity contribution in [3.63, 3.8) is 0 Å². The quantitative estimate of drug-likeness (QED) is 0.782. The van der Waals surface area contributed by atoms with E-state index in [-0.39, 0.29) is 12.5 Å². The number of fused-ring (bicyclic) bond motifs is 1. The molecule has 0 spiro atoms. The van der Waals surface area contributed by atoms with Crippen molar-refractivity contribution in [1.29, 1.82) is 0 Å². The number of benzene rings is 1. The lowest BCUT2D eigenvalue weighted by molar-refractivity contribution is 0.0920. The molecule has 2 rings (SSSR count). The van der Waals surface area contributed by atoms with E-state index >= 15 is 0 Å². The molecule has 5 heteroatoms. The summed E-state index contributed by atoms with van der Waals surface area (Å²) in [7, 11) is 0. The number of carbonyl (C=O) groups excluding carboxylic acids is 1. The highest BCUT2D eigenvalue weighted by Gasteiger charge is 2.09. The van der Waals surface area contributed by atoms with Crippen LogP contribution in [0.2, 0.25) is 5.02 Å². The van der Waals surface area contributed by atoms with Crippen molar-refractivity contribution in [2.24, 2.45) is 0 Å². The molecule has 4 nitrogen and oxygen atoms in total. The molecular weight excluding hydrogens is 240 g/mol. The molecule has 0 aliphatic rings. The van der Waals surface area contributed by atoms with Crippen LogP contribution >= 0.6 is 11.6 Å². The van der Waals surface area contributed by atoms with E-state index in [2.05, 4.69) is 10.3 Å². The van der Waals surface area contributed by atoms with Gasteiger partial charge in [-0.15, -0.1) is 0 Å². The Bertz CT molecular complexity index is 548. The Morgan fingerprint density at radius 1 is 1.53 bits per heavy atom. The van der Waals surface area contributed by atoms with Crippen molar-refractivity contribution < 1.29 is 9.90 Å². The van der Waals surface area contributed by atoms with Crippen molar-refractivity contribution in [1.82, 2.24) is 10.3 Å². The molecule has 17 heavy (non-hydrogen) atoms. The number of aromatic nitrogens is 1. The van der Waals surface area contributed by atoms with Gasteiger partial charge >= 0.3 is 0 Å². The highest BCUT2D eigenvalue weighted by molar-refractivity contribution is 6.31. The zero-order chi connectivity index (χ0) is 12.4. The van der Waals surface area contributed by atoms with Gasteiger partial charge in [0.25, 0.3) is 5.91 Å². The van der Waals surface area contributed by atoms with E-state index in [1.54, 1.807) is 25.1 Å². The summed E-state index contributed by atoms with van der Waals surface area (Å²) in [5, 5.41) is 13.2. The van der Waals surface area contributed by atoms with E-state index in [1.165, 1.54) is 0 Å². The van der Waals surface area contributed by atoms with Gasteiger partial charge < -0.3 is 15.4 Å². The number of hydrogen-bond acceptors (Lipinski definition) is 2. The molecule has 2 aromatic rings. The number of hydrogen-bond donors (Lipinski definition) is 3. The predicted octanol–water partition coefficient (Wildman–Crippen LogP) is 1.93. The maximum atomic E-state index is 11.7. The number of aliphatic hydroxyl groups is 1. The lowest BCUT2D eigenvalue weighted by atomic mass is 10.2. The highest BCUT2D eigenvalue weighted by Crippen LogP contribution is 2.19. The minimum atomic E-state index is -0.558. The molecule has 0 aliphatic carbocycles. The highest BCUT2D eigenvalue weighted by atomic mass is 35.5. The zero-order valence-electron chi connectivity index (χ0n) is 9.33. The van der Waals surface area contributed by atoms with E-state index in [4.69, 9.17) is 16.7 Å². The molecule has 0 fully saturated rings. The summed E-state index contributed by atoms with van der Waals surface area (Å²) in [5.41, 5.74) is 1.32. The van der Waals surface area contributed by atoms with Crippen LogP contribution < -0.4 is 5.32 Å². The van der Waals surface area contributed by atoms with Crippen molar-refractivity contribution >= 4 is 28.4 Å². The Balaban J connectivity index is 2.21. The van der Waals surface area contributed by atoms with Crippen LogP contribution in [-0.2, 0) is 0 Å². The topological polar surface area (TPSA) is 65.1 Å². The van der Waals surface area contributed by atoms with E-state index in [0.717, 1.165) is 10.9 Å². The first-order valence-electron chi connectivity index (χ1n) is 5.31. The molecule has 0 saturated carbocycles. The first-order valence-corrected chi connectivity index (χ1v) is 5.68. The molecule has 1 amide bonds. The fourth-order valence-electron chi connectivity index (χ4n) is 1.56. The standard InChI is InChI=1S/C12H13ClN2O2/c1-7(16)6-14-12(17)11-5-8-4-9(13)2-3-10(8)15-11/h2-5,7,15-16H,6H2,1H3,(H,14,17). The number of aliphatic hydroxyl groups excluding tert-OH is 1. The zero-order valence-corrected chi connectivity index (χ0v) is 10.1. The second-order valence-corrected chi connectivity index (χ2v) is 4.41. The van der Waals surface area contributed by atoms with Crippen molar-refractivity contribution in [3.05, 3.63) is 35.0 Å². The Hall–Kier alpha value is -1.52. The van der Waals surface area contributed by atoms with Gasteiger partial charge in [0.2, 0.25) is 0 Å². The van der Waals surface area contributed by atoms with Crippen molar-refractivity contribution in [2.45, 2.75) is 13.0 Å². The molecule has 0 bridgehead atoms. The van der Waals surface area contributed by atoms with Gasteiger partial charge in [-0.1, -0.05) is 11.6 Å². The summed E-state index contributed by atoms with van der Waals surface area (Å²) in [6.45, 7) is 1.85. The fraction of sp³-hybridized carbons (Fsp3) is 0.250. The van der Waals surface area contributed by atoms with Gasteiger partial charge in [0.1, 0.15) is 5.69 Å². The molecule has 1 unspecified atom stereocenters. The fourth-order valence-corrected chi connectivity index (χ4v) is 1.74. The lowest BCUT2D eigenvalue weighted by Crippen LogP contribution is -2.30. The monoisotopic (exact) mass is 252 g/mol. The molecular formula is C12H13ClN2O2. The summed E-state index contributed by atoms with van der Waals surface area (Å²) < 4.78 is 0. The normalized spacial score (nSPS) is 12.6. The summed E-state index contributed by atoms with van der Waals surface area (Å²) in [6, 6.07) is 7.11. The number of rotatable bonds is 3. The van der Waals surface area contributed by atoms with Crippen LogP contribution in [0.5, 0.6) is 0 Å². The van der Waals surface area contributed by atoms with Gasteiger partial charge in [0.15, 0.2) is 0 Å². The van der Waals surface area contributed by atoms with E-state index in [1.807, 2.05) is 6.07 Å². The van der Waals surface area contributed by atoms with Gasteiger partial charge in [-0.2, -0.15) is 0 Å². The van der Waals surface area contributed by atoms with Crippen LogP contribution in [0.25, 0.3) is 10.9 Å². The molecule has 3 N–H and O–H groups in total. The molecule has 90 valence electrons. The van der Waals surface area contributed by atoms with Crippen molar-refractivity contribution in [2.75, 3.05) is 6.54 Å². The SMILES string of the molecule is CC(O)CNC(=O)c1cc2cc(Cl)ccc2[nH]1. The van der Waals surface area contributed by atoms with Gasteiger partial charge in [0.05, 0.1) is 6.10 Å². The third kappa shape index (κ3) is 2.78. The number of carbonyl (C=O) groups is 1. The van der Waals surface area contributed by atoms with Gasteiger partial charge in [-0.3, -0.25) is 4.79 Å². The summed E-state index contributed by atoms with van der Waals surface area (Å²) in [6.07, 6.45) is -0.558. The average molecular weight is 253 g/mol. The molecule has 1 aromatic heterocycles. The maximum Gasteiger partial charge on any atom is 0.267 e. The molecule has 1 heterocycles. The van der Waals surface area contributed by atoms with Gasteiger partial charge in [-0.05, 0) is 31.2 Å². The summed E-state index contributed by atoms with van der Waals surface area (Å²) in [4.78, 5) is 14.7. The van der Waals surface area contributed by atoms with Crippen LogP contribution in [0, 0.1) is 0 Å². The molecule has 1 aromatic carbocycles. The number of nitrogens with one attached hydrogen (secondary N) is 2. The van der Waals surface area contributed by atoms with E-state index < -0.39 is 6.10 Å². The van der Waals surface area contributed by atoms with Crippen LogP contribution in [0.3, 0.4) is 0 Å². The van der Waals surface area contributed by atoms with Crippen LogP contribution in [0.1, 0.15) is 17.4 Å². The summed E-state index contributed by atoms with van der Waals surface area (Å²) >= 11 is 5.86. The number of halogens is 1. The largest absolute Gasteiger partial charge is 0.392 e. The molecule has 1 atom stereocenters. The average Bonchev–Trinajstić information content (AvgIpc) is 2.68. The van der Waals surface area contributed by atoms with Gasteiger partial charge in [-0.25, -0.2) is 0 Å². The van der Waals surface area contributed by atoms with Gasteiger partial charge in [0, 0.05) is 22.5 Å². The Morgan fingerprint density at radius 2 is 2.29 bits per heavy atom. The second kappa shape index (κ2) is 4.77. The number of aromatic amines is 1. The third-order valence-corrected chi connectivity index (χ3v) is 2.62. The minimum Gasteiger partial charge on any atom is -0.392 e. The third-order valence-electron chi connectivity index (χ3n) is 2.39. The number of H-pyrrole nitrogens is 1. The molecule has 0 aliphatic heterocycles. The first-order chi connectivity index (χ1) is 8.06. The lowest BCUT2D eigenvalue weighted by Gasteiger charge is -2.05. The van der Waals surface area contributed by atoms with E-state index in [0.29, 0.717) is 10.7 Å². The Kier molecular flexibility index (Phi) is 3.36.